The van der Waals surface area contributed by atoms with Gasteiger partial charge >= 0.3 is 0 Å². The number of likely N-dealkylation sites (tertiary alicyclic amines) is 1. The number of carbonyl (C=O) groups is 1. The Labute approximate surface area is 122 Å². The van der Waals surface area contributed by atoms with Crippen molar-refractivity contribution in [1.29, 1.82) is 0 Å². The SMILES string of the molecule is Cc1cccc([C@@H]2CCCC(=O)N(CC(C)(F)F)C2)c1F. The minimum absolute atomic E-state index is 0.155. The number of alkyl halides is 2. The second-order valence-corrected chi connectivity index (χ2v) is 5.91. The maximum Gasteiger partial charge on any atom is 0.262 e. The van der Waals surface area contributed by atoms with Gasteiger partial charge in [-0.2, -0.15) is 0 Å². The molecule has 1 saturated heterocycles. The van der Waals surface area contributed by atoms with E-state index < -0.39 is 12.5 Å². The summed E-state index contributed by atoms with van der Waals surface area (Å²) in [5.74, 6) is -3.72. The molecule has 1 heterocycles. The molecule has 1 aliphatic heterocycles. The number of carbonyl (C=O) groups excluding carboxylic acids is 1. The van der Waals surface area contributed by atoms with Gasteiger partial charge in [-0.05, 0) is 30.9 Å². The number of rotatable bonds is 3. The third-order valence-corrected chi connectivity index (χ3v) is 3.87. The molecule has 2 rings (SSSR count). The quantitative estimate of drug-likeness (QED) is 0.829. The monoisotopic (exact) mass is 299 g/mol. The van der Waals surface area contributed by atoms with Crippen LogP contribution in [-0.4, -0.2) is 29.8 Å². The van der Waals surface area contributed by atoms with Gasteiger partial charge in [-0.1, -0.05) is 18.2 Å². The Morgan fingerprint density at radius 3 is 2.76 bits per heavy atom. The fourth-order valence-corrected chi connectivity index (χ4v) is 2.84. The van der Waals surface area contributed by atoms with Crippen molar-refractivity contribution in [3.05, 3.63) is 35.1 Å². The molecule has 1 aromatic rings. The molecule has 0 aliphatic carbocycles. The molecule has 2 nitrogen and oxygen atoms in total. The van der Waals surface area contributed by atoms with Crippen molar-refractivity contribution in [3.63, 3.8) is 0 Å². The normalized spacial score (nSPS) is 20.5. The number of amides is 1. The molecule has 21 heavy (non-hydrogen) atoms. The van der Waals surface area contributed by atoms with Crippen LogP contribution >= 0.6 is 0 Å². The van der Waals surface area contributed by atoms with Crippen molar-refractivity contribution in [2.45, 2.75) is 45.0 Å². The van der Waals surface area contributed by atoms with E-state index in [2.05, 4.69) is 0 Å². The van der Waals surface area contributed by atoms with Crippen LogP contribution in [0.3, 0.4) is 0 Å². The van der Waals surface area contributed by atoms with E-state index in [0.29, 0.717) is 24.0 Å². The van der Waals surface area contributed by atoms with Crippen LogP contribution in [0.25, 0.3) is 0 Å². The van der Waals surface area contributed by atoms with Crippen LogP contribution in [0.5, 0.6) is 0 Å². The Morgan fingerprint density at radius 2 is 2.10 bits per heavy atom. The van der Waals surface area contributed by atoms with E-state index in [1.165, 1.54) is 4.90 Å². The average Bonchev–Trinajstić information content (AvgIpc) is 2.54. The largest absolute Gasteiger partial charge is 0.336 e. The minimum Gasteiger partial charge on any atom is -0.336 e. The van der Waals surface area contributed by atoms with Crippen LogP contribution in [0.1, 0.15) is 43.2 Å². The van der Waals surface area contributed by atoms with Crippen LogP contribution in [0.4, 0.5) is 13.2 Å². The molecule has 5 heteroatoms. The molecule has 1 amide bonds. The predicted octanol–water partition coefficient (Wildman–Crippen LogP) is 3.89. The highest BCUT2D eigenvalue weighted by Gasteiger charge is 2.32. The van der Waals surface area contributed by atoms with Crippen LogP contribution in [-0.2, 0) is 4.79 Å². The Hall–Kier alpha value is -1.52. The van der Waals surface area contributed by atoms with E-state index in [-0.39, 0.29) is 30.6 Å². The lowest BCUT2D eigenvalue weighted by molar-refractivity contribution is -0.135. The van der Waals surface area contributed by atoms with Crippen molar-refractivity contribution < 1.29 is 18.0 Å². The zero-order valence-electron chi connectivity index (χ0n) is 12.3. The number of hydrogen-bond acceptors (Lipinski definition) is 1. The molecule has 0 unspecified atom stereocenters. The van der Waals surface area contributed by atoms with E-state index in [4.69, 9.17) is 0 Å². The zero-order chi connectivity index (χ0) is 15.6. The molecule has 0 N–H and O–H groups in total. The van der Waals surface area contributed by atoms with Gasteiger partial charge in [0.15, 0.2) is 0 Å². The fourth-order valence-electron chi connectivity index (χ4n) is 2.84. The van der Waals surface area contributed by atoms with Crippen molar-refractivity contribution >= 4 is 5.91 Å². The van der Waals surface area contributed by atoms with E-state index in [1.54, 1.807) is 25.1 Å². The third-order valence-electron chi connectivity index (χ3n) is 3.87. The maximum atomic E-state index is 14.2. The smallest absolute Gasteiger partial charge is 0.262 e. The van der Waals surface area contributed by atoms with Gasteiger partial charge in [-0.15, -0.1) is 0 Å². The van der Waals surface area contributed by atoms with Crippen molar-refractivity contribution in [2.75, 3.05) is 13.1 Å². The second-order valence-electron chi connectivity index (χ2n) is 5.91. The van der Waals surface area contributed by atoms with E-state index in [1.807, 2.05) is 0 Å². The molecule has 0 spiro atoms. The Kier molecular flexibility index (Phi) is 4.59. The van der Waals surface area contributed by atoms with Gasteiger partial charge < -0.3 is 4.90 Å². The van der Waals surface area contributed by atoms with Crippen molar-refractivity contribution in [1.82, 2.24) is 4.90 Å². The standard InChI is InChI=1S/C16H20F3NO/c1-11-5-3-7-13(15(11)17)12-6-4-8-14(21)20(9-12)10-16(2,18)19/h3,5,7,12H,4,6,8-10H2,1-2H3/t12-/m1/s1. The summed E-state index contributed by atoms with van der Waals surface area (Å²) in [6.45, 7) is 2.03. The number of hydrogen-bond donors (Lipinski definition) is 0. The first-order valence-corrected chi connectivity index (χ1v) is 7.18. The van der Waals surface area contributed by atoms with Crippen LogP contribution < -0.4 is 0 Å². The molecule has 1 aromatic carbocycles. The van der Waals surface area contributed by atoms with E-state index in [9.17, 15) is 18.0 Å². The molecule has 0 saturated carbocycles. The molecule has 1 fully saturated rings. The van der Waals surface area contributed by atoms with Gasteiger partial charge in [0.1, 0.15) is 5.82 Å². The van der Waals surface area contributed by atoms with Crippen LogP contribution in [0.15, 0.2) is 18.2 Å². The summed E-state index contributed by atoms with van der Waals surface area (Å²) >= 11 is 0. The number of aryl methyl sites for hydroxylation is 1. The first kappa shape index (κ1) is 15.9. The Morgan fingerprint density at radius 1 is 1.38 bits per heavy atom. The Balaban J connectivity index is 2.24. The number of nitrogens with zero attached hydrogens (tertiary/aromatic N) is 1. The van der Waals surface area contributed by atoms with Gasteiger partial charge in [0, 0.05) is 25.8 Å². The number of benzene rings is 1. The van der Waals surface area contributed by atoms with Crippen molar-refractivity contribution in [2.24, 2.45) is 0 Å². The topological polar surface area (TPSA) is 20.3 Å². The molecule has 1 aliphatic rings. The molecule has 0 radical (unpaired) electrons. The van der Waals surface area contributed by atoms with E-state index in [0.717, 1.165) is 6.92 Å². The van der Waals surface area contributed by atoms with E-state index >= 15 is 0 Å². The van der Waals surface area contributed by atoms with Crippen LogP contribution in [0.2, 0.25) is 0 Å². The first-order valence-electron chi connectivity index (χ1n) is 7.18. The molecule has 0 bridgehead atoms. The molecular formula is C16H20F3NO. The summed E-state index contributed by atoms with van der Waals surface area (Å²) in [5, 5.41) is 0. The fraction of sp³-hybridized carbons (Fsp3) is 0.562. The average molecular weight is 299 g/mol. The predicted molar refractivity (Wildman–Crippen MR) is 74.9 cm³/mol. The summed E-state index contributed by atoms with van der Waals surface area (Å²) in [7, 11) is 0. The Bertz CT molecular complexity index is 525. The molecule has 0 aromatic heterocycles. The lowest BCUT2D eigenvalue weighted by Gasteiger charge is -2.27. The lowest BCUT2D eigenvalue weighted by Crippen LogP contribution is -2.40. The summed E-state index contributed by atoms with van der Waals surface area (Å²) in [6.07, 6.45) is 1.49. The zero-order valence-corrected chi connectivity index (χ0v) is 12.3. The van der Waals surface area contributed by atoms with Gasteiger partial charge in [0.05, 0.1) is 6.54 Å². The van der Waals surface area contributed by atoms with Gasteiger partial charge in [0.2, 0.25) is 5.91 Å². The van der Waals surface area contributed by atoms with Gasteiger partial charge in [-0.25, -0.2) is 13.2 Å². The summed E-state index contributed by atoms with van der Waals surface area (Å²) < 4.78 is 40.7. The molecular weight excluding hydrogens is 279 g/mol. The van der Waals surface area contributed by atoms with Gasteiger partial charge in [-0.3, -0.25) is 4.79 Å². The minimum atomic E-state index is -2.93. The highest BCUT2D eigenvalue weighted by molar-refractivity contribution is 5.76. The van der Waals surface area contributed by atoms with Crippen molar-refractivity contribution in [3.8, 4) is 0 Å². The first-order chi connectivity index (χ1) is 9.78. The highest BCUT2D eigenvalue weighted by atomic mass is 19.3. The molecule has 116 valence electrons. The van der Waals surface area contributed by atoms with Crippen LogP contribution in [0, 0.1) is 12.7 Å². The summed E-state index contributed by atoms with van der Waals surface area (Å²) in [5.41, 5.74) is 1.06. The lowest BCUT2D eigenvalue weighted by atomic mass is 9.92. The third kappa shape index (κ3) is 3.99. The summed E-state index contributed by atoms with van der Waals surface area (Å²) in [6, 6.07) is 5.13. The molecule has 1 atom stereocenters. The second kappa shape index (κ2) is 6.08. The van der Waals surface area contributed by atoms with Gasteiger partial charge in [0.25, 0.3) is 5.92 Å². The highest BCUT2D eigenvalue weighted by Crippen LogP contribution is 2.30. The summed E-state index contributed by atoms with van der Waals surface area (Å²) in [4.78, 5) is 13.1. The number of halogens is 3. The maximum absolute atomic E-state index is 14.2.